The van der Waals surface area contributed by atoms with Crippen LogP contribution in [-0.2, 0) is 14.3 Å². The molecule has 0 aliphatic carbocycles. The average Bonchev–Trinajstić information content (AvgIpc) is 2.91. The molecule has 216 valence electrons. The van der Waals surface area contributed by atoms with Crippen molar-refractivity contribution in [1.82, 2.24) is 20.1 Å². The molecule has 5 N–H and O–H groups in total. The van der Waals surface area contributed by atoms with E-state index in [-0.39, 0.29) is 47.0 Å². The van der Waals surface area contributed by atoms with E-state index in [4.69, 9.17) is 26.8 Å². The number of likely N-dealkylation sites (N-methyl/N-ethyl adjacent to an activating group) is 1. The molecule has 1 unspecified atom stereocenters. The number of hydrogen-bond donors (Lipinski definition) is 4. The number of nitrogens with two attached hydrogens (primary N) is 1. The summed E-state index contributed by atoms with van der Waals surface area (Å²) >= 11 is 5.95. The molecule has 3 heterocycles. The first kappa shape index (κ1) is 29.5. The number of amides is 2. The predicted octanol–water partition coefficient (Wildman–Crippen LogP) is 1.32. The summed E-state index contributed by atoms with van der Waals surface area (Å²) in [4.78, 5) is 56.5. The molecule has 1 aromatic carbocycles. The number of rotatable bonds is 8. The largest absolute Gasteiger partial charge is 0.457 e. The molecule has 12 nitrogen and oxygen atoms in total. The van der Waals surface area contributed by atoms with Crippen LogP contribution >= 0.6 is 11.6 Å². The van der Waals surface area contributed by atoms with E-state index < -0.39 is 17.6 Å². The Balaban J connectivity index is 1.26. The van der Waals surface area contributed by atoms with Gasteiger partial charge in [-0.2, -0.15) is 0 Å². The van der Waals surface area contributed by atoms with Gasteiger partial charge < -0.3 is 35.7 Å². The van der Waals surface area contributed by atoms with E-state index in [0.29, 0.717) is 30.8 Å². The zero-order valence-corrected chi connectivity index (χ0v) is 23.3. The molecule has 3 atom stereocenters. The summed E-state index contributed by atoms with van der Waals surface area (Å²) in [7, 11) is 3.54. The number of benzene rings is 1. The molecule has 2 saturated heterocycles. The lowest BCUT2D eigenvalue weighted by Gasteiger charge is -2.37. The van der Waals surface area contributed by atoms with Gasteiger partial charge in [-0.3, -0.25) is 19.3 Å². The van der Waals surface area contributed by atoms with Gasteiger partial charge in [0.25, 0.3) is 11.5 Å². The molecule has 4 rings (SSSR count). The molecule has 2 aromatic rings. The number of H-pyrrole nitrogens is 1. The second-order valence-electron chi connectivity index (χ2n) is 10.2. The van der Waals surface area contributed by atoms with E-state index in [9.17, 15) is 19.2 Å². The lowest BCUT2D eigenvalue weighted by atomic mass is 10.0. The number of hydrogen-bond acceptors (Lipinski definition) is 9. The highest BCUT2D eigenvalue weighted by Gasteiger charge is 2.32. The number of methoxy groups -OCH3 is 1. The van der Waals surface area contributed by atoms with Gasteiger partial charge in [0.1, 0.15) is 17.5 Å². The van der Waals surface area contributed by atoms with Gasteiger partial charge in [-0.05, 0) is 63.2 Å². The number of carbonyl (C=O) groups excluding carboxylic acids is 3. The Labute approximate surface area is 237 Å². The van der Waals surface area contributed by atoms with Gasteiger partial charge in [0.2, 0.25) is 5.91 Å². The number of ether oxygens (including phenoxy) is 2. The minimum Gasteiger partial charge on any atom is -0.457 e. The van der Waals surface area contributed by atoms with Gasteiger partial charge in [-0.25, -0.2) is 4.79 Å². The number of nitrogen functional groups attached to an aromatic ring is 1. The molecule has 2 fully saturated rings. The van der Waals surface area contributed by atoms with Crippen LogP contribution in [0, 0.1) is 0 Å². The summed E-state index contributed by atoms with van der Waals surface area (Å²) < 4.78 is 11.2. The quantitative estimate of drug-likeness (QED) is 0.341. The second kappa shape index (κ2) is 13.3. The summed E-state index contributed by atoms with van der Waals surface area (Å²) in [6.45, 7) is 2.77. The standard InChI is InChI=1S/C27H35ClN6O6/c1-33-10-3-4-18(13-33)40-27(38)16-5-7-17(8-6-16)30-23(35)15-34-11-9-21(22(14-34)39-2)31-25(36)19-12-20(28)24(29)32-26(19)37/h5-8,12,18,21-22H,3-4,9-11,13-15H2,1-2H3,(H,30,35)(H,31,36)(H3,29,32,37)/t18?,21-,22+/m0/s1. The Bertz CT molecular complexity index is 1290. The van der Waals surface area contributed by atoms with Gasteiger partial charge in [0.15, 0.2) is 0 Å². The Kier molecular flexibility index (Phi) is 9.80. The molecule has 2 amide bonds. The van der Waals surface area contributed by atoms with Crippen LogP contribution < -0.4 is 21.9 Å². The number of carbonyl (C=O) groups is 3. The van der Waals surface area contributed by atoms with E-state index >= 15 is 0 Å². The van der Waals surface area contributed by atoms with Gasteiger partial charge in [0, 0.05) is 32.4 Å². The summed E-state index contributed by atoms with van der Waals surface area (Å²) in [6.07, 6.45) is 1.85. The number of pyridine rings is 1. The number of aromatic amines is 1. The van der Waals surface area contributed by atoms with Crippen LogP contribution in [-0.4, -0.2) is 97.7 Å². The van der Waals surface area contributed by atoms with Crippen molar-refractivity contribution in [3.8, 4) is 0 Å². The fourth-order valence-corrected chi connectivity index (χ4v) is 5.15. The smallest absolute Gasteiger partial charge is 0.338 e. The van der Waals surface area contributed by atoms with E-state index in [2.05, 4.69) is 20.5 Å². The Morgan fingerprint density at radius 3 is 2.60 bits per heavy atom. The average molecular weight is 575 g/mol. The van der Waals surface area contributed by atoms with Crippen molar-refractivity contribution in [3.05, 3.63) is 56.8 Å². The number of aromatic nitrogens is 1. The first-order valence-electron chi connectivity index (χ1n) is 13.2. The summed E-state index contributed by atoms with van der Waals surface area (Å²) in [5.74, 6) is -1.19. The monoisotopic (exact) mass is 574 g/mol. The molecule has 2 aliphatic heterocycles. The molecule has 2 aliphatic rings. The molecular formula is C27H35ClN6O6. The van der Waals surface area contributed by atoms with Crippen LogP contribution in [0.25, 0.3) is 0 Å². The van der Waals surface area contributed by atoms with Crippen LogP contribution in [0.1, 0.15) is 40.0 Å². The van der Waals surface area contributed by atoms with Crippen molar-refractivity contribution < 1.29 is 23.9 Å². The molecule has 0 spiro atoms. The van der Waals surface area contributed by atoms with Crippen molar-refractivity contribution in [2.24, 2.45) is 0 Å². The Hall–Kier alpha value is -3.45. The van der Waals surface area contributed by atoms with Crippen molar-refractivity contribution in [3.63, 3.8) is 0 Å². The number of halogens is 1. The number of nitrogens with one attached hydrogen (secondary N) is 3. The molecule has 1 aromatic heterocycles. The van der Waals surface area contributed by atoms with Crippen molar-refractivity contribution in [2.75, 3.05) is 57.9 Å². The Morgan fingerprint density at radius 2 is 1.90 bits per heavy atom. The van der Waals surface area contributed by atoms with Crippen LogP contribution in [0.5, 0.6) is 0 Å². The first-order valence-corrected chi connectivity index (χ1v) is 13.5. The number of piperidine rings is 2. The maximum absolute atomic E-state index is 12.7. The summed E-state index contributed by atoms with van der Waals surface area (Å²) in [5.41, 5.74) is 5.80. The van der Waals surface area contributed by atoms with Gasteiger partial charge >= 0.3 is 5.97 Å². The molecule has 0 bridgehead atoms. The summed E-state index contributed by atoms with van der Waals surface area (Å²) in [6, 6.07) is 7.49. The number of nitrogens with zero attached hydrogens (tertiary/aromatic N) is 2. The van der Waals surface area contributed by atoms with Gasteiger partial charge in [-0.15, -0.1) is 0 Å². The minimum atomic E-state index is -0.635. The minimum absolute atomic E-state index is 0.00844. The van der Waals surface area contributed by atoms with E-state index in [1.54, 1.807) is 24.3 Å². The molecule has 13 heteroatoms. The van der Waals surface area contributed by atoms with Crippen LogP contribution in [0.15, 0.2) is 35.1 Å². The third-order valence-corrected chi connectivity index (χ3v) is 7.47. The van der Waals surface area contributed by atoms with Gasteiger partial charge in [0.05, 0.1) is 29.3 Å². The van der Waals surface area contributed by atoms with Crippen LogP contribution in [0.2, 0.25) is 5.02 Å². The zero-order valence-electron chi connectivity index (χ0n) is 22.6. The van der Waals surface area contributed by atoms with Crippen molar-refractivity contribution in [1.29, 1.82) is 0 Å². The molecule has 40 heavy (non-hydrogen) atoms. The number of likely N-dealkylation sites (tertiary alicyclic amines) is 2. The van der Waals surface area contributed by atoms with Crippen LogP contribution in [0.4, 0.5) is 11.5 Å². The van der Waals surface area contributed by atoms with Crippen LogP contribution in [0.3, 0.4) is 0 Å². The van der Waals surface area contributed by atoms with Gasteiger partial charge in [-0.1, -0.05) is 11.6 Å². The van der Waals surface area contributed by atoms with Crippen molar-refractivity contribution >= 4 is 40.9 Å². The van der Waals surface area contributed by atoms with Crippen molar-refractivity contribution in [2.45, 2.75) is 37.5 Å². The zero-order chi connectivity index (χ0) is 28.8. The van der Waals surface area contributed by atoms with E-state index in [1.807, 2.05) is 11.9 Å². The fraction of sp³-hybridized carbons (Fsp3) is 0.481. The third-order valence-electron chi connectivity index (χ3n) is 7.15. The third kappa shape index (κ3) is 7.60. The first-order chi connectivity index (χ1) is 19.1. The molecular weight excluding hydrogens is 540 g/mol. The second-order valence-corrected chi connectivity index (χ2v) is 10.6. The number of anilines is 2. The van der Waals surface area contributed by atoms with E-state index in [0.717, 1.165) is 25.9 Å². The van der Waals surface area contributed by atoms with E-state index in [1.165, 1.54) is 13.2 Å². The highest BCUT2D eigenvalue weighted by Crippen LogP contribution is 2.18. The maximum Gasteiger partial charge on any atom is 0.338 e. The highest BCUT2D eigenvalue weighted by molar-refractivity contribution is 6.33. The number of esters is 1. The topological polar surface area (TPSA) is 159 Å². The molecule has 0 radical (unpaired) electrons. The maximum atomic E-state index is 12.7. The molecule has 0 saturated carbocycles. The Morgan fingerprint density at radius 1 is 1.15 bits per heavy atom. The highest BCUT2D eigenvalue weighted by atomic mass is 35.5. The summed E-state index contributed by atoms with van der Waals surface area (Å²) in [5, 5.41) is 5.75. The predicted molar refractivity (Wildman–Crippen MR) is 151 cm³/mol. The lowest BCUT2D eigenvalue weighted by molar-refractivity contribution is -0.118. The normalized spacial score (nSPS) is 21.9. The fourth-order valence-electron chi connectivity index (χ4n) is 4.99. The SMILES string of the molecule is CO[C@@H]1CN(CC(=O)Nc2ccc(C(=O)OC3CCCN(C)C3)cc2)CC[C@@H]1NC(=O)c1cc(Cl)c(N)[nH]c1=O. The lowest BCUT2D eigenvalue weighted by Crippen LogP contribution is -2.56.